The van der Waals surface area contributed by atoms with Crippen molar-refractivity contribution in [1.29, 1.82) is 0 Å². The second kappa shape index (κ2) is 3.25. The van der Waals surface area contributed by atoms with Gasteiger partial charge in [-0.2, -0.15) is 0 Å². The van der Waals surface area contributed by atoms with Crippen molar-refractivity contribution >= 4 is 11.8 Å². The molecule has 1 aliphatic rings. The van der Waals surface area contributed by atoms with Crippen molar-refractivity contribution in [3.05, 3.63) is 34.9 Å². The number of hydrogen-bond acceptors (Lipinski definition) is 1. The summed E-state index contributed by atoms with van der Waals surface area (Å²) in [5.74, 6) is 0. The average Bonchev–Trinajstić information content (AvgIpc) is 2.19. The lowest BCUT2D eigenvalue weighted by Crippen LogP contribution is -2.02. The van der Waals surface area contributed by atoms with Gasteiger partial charge in [0.15, 0.2) is 0 Å². The molecule has 0 aromatic heterocycles. The van der Waals surface area contributed by atoms with E-state index in [2.05, 4.69) is 31.2 Å². The van der Waals surface area contributed by atoms with E-state index in [9.17, 15) is 0 Å². The first kappa shape index (κ1) is 8.36. The Balaban J connectivity index is 2.57. The molecule has 1 nitrogen and oxygen atoms in total. The maximum atomic E-state index is 6.06. The summed E-state index contributed by atoms with van der Waals surface area (Å²) in [7, 11) is 0. The molecule has 0 radical (unpaired) electrons. The van der Waals surface area contributed by atoms with Crippen LogP contribution in [0.3, 0.4) is 0 Å². The van der Waals surface area contributed by atoms with Crippen LogP contribution in [0.2, 0.25) is 0 Å². The Kier molecular flexibility index (Phi) is 2.09. The van der Waals surface area contributed by atoms with Crippen LogP contribution in [0.25, 0.3) is 6.08 Å². The molecular formula is C12H15N. The van der Waals surface area contributed by atoms with Crippen molar-refractivity contribution < 1.29 is 0 Å². The highest BCUT2D eigenvalue weighted by atomic mass is 14.6. The van der Waals surface area contributed by atoms with Gasteiger partial charge in [0.05, 0.1) is 0 Å². The van der Waals surface area contributed by atoms with Gasteiger partial charge in [-0.1, -0.05) is 31.2 Å². The third-order valence-corrected chi connectivity index (χ3v) is 2.71. The summed E-state index contributed by atoms with van der Waals surface area (Å²) in [5, 5.41) is 0. The fourth-order valence-corrected chi connectivity index (χ4v) is 1.89. The molecule has 2 N–H and O–H groups in total. The van der Waals surface area contributed by atoms with Gasteiger partial charge in [0.2, 0.25) is 0 Å². The van der Waals surface area contributed by atoms with Gasteiger partial charge in [0.1, 0.15) is 0 Å². The van der Waals surface area contributed by atoms with Crippen LogP contribution in [0.1, 0.15) is 30.0 Å². The standard InChI is InChI=1S/C12H15N/c1-2-9-7-8-10-5-3-4-6-11(10)12(9)13/h4,6-8H,2-3,5,13H2,1H3. The first-order chi connectivity index (χ1) is 6.33. The van der Waals surface area contributed by atoms with Crippen molar-refractivity contribution in [3.63, 3.8) is 0 Å². The summed E-state index contributed by atoms with van der Waals surface area (Å²) in [6.07, 6.45) is 7.68. The van der Waals surface area contributed by atoms with Crippen molar-refractivity contribution in [2.75, 3.05) is 5.73 Å². The molecule has 0 bridgehead atoms. The first-order valence-corrected chi connectivity index (χ1v) is 4.89. The second-order valence-electron chi connectivity index (χ2n) is 3.51. The molecule has 0 aliphatic heterocycles. The van der Waals surface area contributed by atoms with Crippen LogP contribution < -0.4 is 5.73 Å². The summed E-state index contributed by atoms with van der Waals surface area (Å²) in [6.45, 7) is 2.14. The van der Waals surface area contributed by atoms with Crippen molar-refractivity contribution in [2.45, 2.75) is 26.2 Å². The number of hydrogen-bond donors (Lipinski definition) is 1. The maximum Gasteiger partial charge on any atom is 0.0422 e. The molecule has 0 atom stereocenters. The van der Waals surface area contributed by atoms with Gasteiger partial charge in [-0.3, -0.25) is 0 Å². The average molecular weight is 173 g/mol. The van der Waals surface area contributed by atoms with E-state index in [1.165, 1.54) is 16.7 Å². The van der Waals surface area contributed by atoms with E-state index in [4.69, 9.17) is 5.73 Å². The number of aryl methyl sites for hydroxylation is 2. The number of rotatable bonds is 1. The molecule has 1 aromatic rings. The number of allylic oxidation sites excluding steroid dienone is 1. The molecule has 13 heavy (non-hydrogen) atoms. The largest absolute Gasteiger partial charge is 0.398 e. The number of anilines is 1. The molecule has 0 unspecified atom stereocenters. The Hall–Kier alpha value is -1.24. The fourth-order valence-electron chi connectivity index (χ4n) is 1.89. The molecule has 68 valence electrons. The predicted octanol–water partition coefficient (Wildman–Crippen LogP) is 2.79. The van der Waals surface area contributed by atoms with E-state index in [1.807, 2.05) is 0 Å². The summed E-state index contributed by atoms with van der Waals surface area (Å²) >= 11 is 0. The van der Waals surface area contributed by atoms with Crippen molar-refractivity contribution in [1.82, 2.24) is 0 Å². The zero-order valence-electron chi connectivity index (χ0n) is 8.01. The van der Waals surface area contributed by atoms with E-state index < -0.39 is 0 Å². The van der Waals surface area contributed by atoms with Gasteiger partial charge in [-0.25, -0.2) is 0 Å². The van der Waals surface area contributed by atoms with E-state index in [0.29, 0.717) is 0 Å². The summed E-state index contributed by atoms with van der Waals surface area (Å²) in [5.41, 5.74) is 11.0. The number of nitrogen functional groups attached to an aromatic ring is 1. The van der Waals surface area contributed by atoms with Crippen LogP contribution in [-0.4, -0.2) is 0 Å². The van der Waals surface area contributed by atoms with E-state index >= 15 is 0 Å². The number of benzene rings is 1. The van der Waals surface area contributed by atoms with Gasteiger partial charge in [0.25, 0.3) is 0 Å². The summed E-state index contributed by atoms with van der Waals surface area (Å²) in [4.78, 5) is 0. The van der Waals surface area contributed by atoms with Crippen LogP contribution in [0.15, 0.2) is 18.2 Å². The minimum absolute atomic E-state index is 0.982. The lowest BCUT2D eigenvalue weighted by atomic mass is 9.93. The molecule has 0 fully saturated rings. The minimum atomic E-state index is 0.982. The van der Waals surface area contributed by atoms with Crippen LogP contribution >= 0.6 is 0 Å². The Bertz CT molecular complexity index is 350. The summed E-state index contributed by atoms with van der Waals surface area (Å²) in [6, 6.07) is 4.38. The highest BCUT2D eigenvalue weighted by Gasteiger charge is 2.09. The Morgan fingerprint density at radius 3 is 3.00 bits per heavy atom. The zero-order valence-corrected chi connectivity index (χ0v) is 8.01. The molecule has 1 heteroatoms. The van der Waals surface area contributed by atoms with E-state index in [1.54, 1.807) is 0 Å². The number of nitrogens with two attached hydrogens (primary N) is 1. The minimum Gasteiger partial charge on any atom is -0.398 e. The van der Waals surface area contributed by atoms with E-state index in [0.717, 1.165) is 24.9 Å². The van der Waals surface area contributed by atoms with Gasteiger partial charge >= 0.3 is 0 Å². The third kappa shape index (κ3) is 1.35. The molecule has 0 saturated heterocycles. The monoisotopic (exact) mass is 173 g/mol. The normalized spacial score (nSPS) is 14.2. The first-order valence-electron chi connectivity index (χ1n) is 4.89. The molecule has 2 rings (SSSR count). The van der Waals surface area contributed by atoms with Crippen LogP contribution in [-0.2, 0) is 12.8 Å². The Morgan fingerprint density at radius 2 is 2.23 bits per heavy atom. The topological polar surface area (TPSA) is 26.0 Å². The predicted molar refractivity (Wildman–Crippen MR) is 57.6 cm³/mol. The van der Waals surface area contributed by atoms with Crippen LogP contribution in [0.5, 0.6) is 0 Å². The fraction of sp³-hybridized carbons (Fsp3) is 0.333. The lowest BCUT2D eigenvalue weighted by Gasteiger charge is -2.15. The van der Waals surface area contributed by atoms with Gasteiger partial charge in [-0.05, 0) is 30.4 Å². The van der Waals surface area contributed by atoms with Gasteiger partial charge in [-0.15, -0.1) is 0 Å². The quantitative estimate of drug-likeness (QED) is 0.649. The van der Waals surface area contributed by atoms with Gasteiger partial charge < -0.3 is 5.73 Å². The molecular weight excluding hydrogens is 158 g/mol. The Morgan fingerprint density at radius 1 is 1.38 bits per heavy atom. The summed E-state index contributed by atoms with van der Waals surface area (Å²) < 4.78 is 0. The van der Waals surface area contributed by atoms with Crippen molar-refractivity contribution in [2.24, 2.45) is 0 Å². The van der Waals surface area contributed by atoms with Crippen molar-refractivity contribution in [3.8, 4) is 0 Å². The highest BCUT2D eigenvalue weighted by molar-refractivity contribution is 5.72. The maximum absolute atomic E-state index is 6.06. The third-order valence-electron chi connectivity index (χ3n) is 2.71. The second-order valence-corrected chi connectivity index (χ2v) is 3.51. The smallest absolute Gasteiger partial charge is 0.0422 e. The zero-order chi connectivity index (χ0) is 9.26. The molecule has 0 amide bonds. The highest BCUT2D eigenvalue weighted by Crippen LogP contribution is 2.27. The molecule has 1 aliphatic carbocycles. The molecule has 1 aromatic carbocycles. The van der Waals surface area contributed by atoms with Crippen LogP contribution in [0.4, 0.5) is 5.69 Å². The lowest BCUT2D eigenvalue weighted by molar-refractivity contribution is 0.981. The van der Waals surface area contributed by atoms with Crippen LogP contribution in [0, 0.1) is 0 Å². The van der Waals surface area contributed by atoms with E-state index in [-0.39, 0.29) is 0 Å². The molecule has 0 heterocycles. The molecule has 0 spiro atoms. The Labute approximate surface area is 79.3 Å². The SMILES string of the molecule is CCc1ccc2c(c1N)C=CCC2. The number of fused-ring (bicyclic) bond motifs is 1. The van der Waals surface area contributed by atoms with Gasteiger partial charge in [0, 0.05) is 11.3 Å². The molecule has 0 saturated carbocycles.